The first-order chi connectivity index (χ1) is 13.7. The molecular weight excluding hydrogens is 408 g/mol. The van der Waals surface area contributed by atoms with Crippen molar-refractivity contribution in [2.24, 2.45) is 11.8 Å². The van der Waals surface area contributed by atoms with Gasteiger partial charge in [-0.05, 0) is 54.2 Å². The Bertz CT molecular complexity index is 966. The average Bonchev–Trinajstić information content (AvgIpc) is 2.68. The van der Waals surface area contributed by atoms with Crippen molar-refractivity contribution in [1.82, 2.24) is 9.21 Å². The van der Waals surface area contributed by atoms with E-state index in [1.54, 1.807) is 46.6 Å². The Morgan fingerprint density at radius 1 is 1.10 bits per heavy atom. The van der Waals surface area contributed by atoms with Gasteiger partial charge in [0.05, 0.1) is 4.90 Å². The highest BCUT2D eigenvalue weighted by Crippen LogP contribution is 2.27. The number of benzene rings is 2. The lowest BCUT2D eigenvalue weighted by atomic mass is 9.94. The van der Waals surface area contributed by atoms with E-state index < -0.39 is 10.0 Å². The van der Waals surface area contributed by atoms with Crippen LogP contribution in [-0.4, -0.2) is 43.7 Å². The number of sulfonamides is 1. The van der Waals surface area contributed by atoms with Crippen molar-refractivity contribution in [3.05, 3.63) is 64.7 Å². The highest BCUT2D eigenvalue weighted by atomic mass is 35.5. The van der Waals surface area contributed by atoms with Crippen molar-refractivity contribution >= 4 is 27.5 Å². The Kier molecular flexibility index (Phi) is 6.66. The minimum atomic E-state index is -3.63. The zero-order valence-electron chi connectivity index (χ0n) is 17.0. The van der Waals surface area contributed by atoms with E-state index in [2.05, 4.69) is 13.8 Å². The Balaban J connectivity index is 1.79. The van der Waals surface area contributed by atoms with E-state index in [0.29, 0.717) is 42.1 Å². The minimum absolute atomic E-state index is 0.171. The van der Waals surface area contributed by atoms with Crippen LogP contribution >= 0.6 is 11.6 Å². The maximum absolute atomic E-state index is 13.1. The molecule has 5 nitrogen and oxygen atoms in total. The first-order valence-corrected chi connectivity index (χ1v) is 11.6. The van der Waals surface area contributed by atoms with Gasteiger partial charge in [0.15, 0.2) is 0 Å². The van der Waals surface area contributed by atoms with Crippen LogP contribution in [0.2, 0.25) is 5.02 Å². The highest BCUT2D eigenvalue weighted by Gasteiger charge is 2.32. The molecule has 3 rings (SSSR count). The maximum Gasteiger partial charge on any atom is 0.253 e. The predicted molar refractivity (Wildman–Crippen MR) is 115 cm³/mol. The first-order valence-electron chi connectivity index (χ1n) is 9.77. The summed E-state index contributed by atoms with van der Waals surface area (Å²) in [5.41, 5.74) is 1.31. The van der Waals surface area contributed by atoms with Crippen molar-refractivity contribution in [3.8, 4) is 0 Å². The quantitative estimate of drug-likeness (QED) is 0.705. The summed E-state index contributed by atoms with van der Waals surface area (Å²) in [6, 6.07) is 13.6. The zero-order chi connectivity index (χ0) is 21.2. The third-order valence-electron chi connectivity index (χ3n) is 5.23. The summed E-state index contributed by atoms with van der Waals surface area (Å²) in [6.45, 7) is 5.59. The lowest BCUT2D eigenvalue weighted by molar-refractivity contribution is 0.0785. The van der Waals surface area contributed by atoms with Crippen LogP contribution in [0, 0.1) is 11.8 Å². The van der Waals surface area contributed by atoms with Crippen LogP contribution in [0.5, 0.6) is 0 Å². The summed E-state index contributed by atoms with van der Waals surface area (Å²) < 4.78 is 27.8. The molecule has 7 heteroatoms. The number of carbonyl (C=O) groups excluding carboxylic acids is 1. The van der Waals surface area contributed by atoms with Crippen LogP contribution in [0.4, 0.5) is 0 Å². The molecule has 0 spiro atoms. The summed E-state index contributed by atoms with van der Waals surface area (Å²) in [5.74, 6) is 0.421. The summed E-state index contributed by atoms with van der Waals surface area (Å²) in [4.78, 5) is 14.6. The Morgan fingerprint density at radius 3 is 2.34 bits per heavy atom. The van der Waals surface area contributed by atoms with Crippen LogP contribution in [0.1, 0.15) is 36.2 Å². The number of rotatable bonds is 5. The van der Waals surface area contributed by atoms with Gasteiger partial charge in [0.25, 0.3) is 5.91 Å². The van der Waals surface area contributed by atoms with Crippen LogP contribution in [0.3, 0.4) is 0 Å². The van der Waals surface area contributed by atoms with Crippen molar-refractivity contribution < 1.29 is 13.2 Å². The van der Waals surface area contributed by atoms with E-state index in [0.717, 1.165) is 12.0 Å². The first kappa shape index (κ1) is 21.8. The fraction of sp³-hybridized carbons (Fsp3) is 0.409. The van der Waals surface area contributed by atoms with Gasteiger partial charge in [-0.1, -0.05) is 43.6 Å². The van der Waals surface area contributed by atoms with E-state index in [1.807, 2.05) is 12.1 Å². The fourth-order valence-electron chi connectivity index (χ4n) is 3.90. The standard InChI is InChI=1S/C22H27ClN2O3S/c1-16-11-17(2)14-25(13-16)29(27,28)21-6-4-5-19(12-21)22(26)24(3)15-18-7-9-20(23)10-8-18/h4-10,12,16-17H,11,13-15H2,1-3H3/t16-,17+. The molecule has 2 atom stereocenters. The lowest BCUT2D eigenvalue weighted by Crippen LogP contribution is -2.42. The number of hydrogen-bond acceptors (Lipinski definition) is 3. The van der Waals surface area contributed by atoms with Crippen LogP contribution < -0.4 is 0 Å². The van der Waals surface area contributed by atoms with E-state index in [-0.39, 0.29) is 10.8 Å². The number of halogens is 1. The largest absolute Gasteiger partial charge is 0.337 e. The van der Waals surface area contributed by atoms with E-state index in [9.17, 15) is 13.2 Å². The molecule has 1 aliphatic rings. The third kappa shape index (κ3) is 5.18. The van der Waals surface area contributed by atoms with Crippen molar-refractivity contribution in [3.63, 3.8) is 0 Å². The monoisotopic (exact) mass is 434 g/mol. The van der Waals surface area contributed by atoms with E-state index in [4.69, 9.17) is 11.6 Å². The zero-order valence-corrected chi connectivity index (χ0v) is 18.6. The number of piperidine rings is 1. The molecule has 1 heterocycles. The molecule has 0 saturated carbocycles. The molecule has 0 unspecified atom stereocenters. The van der Waals surface area contributed by atoms with Gasteiger partial charge in [-0.15, -0.1) is 0 Å². The SMILES string of the molecule is C[C@@H]1C[C@H](C)CN(S(=O)(=O)c2cccc(C(=O)N(C)Cc3ccc(Cl)cc3)c2)C1. The molecule has 0 radical (unpaired) electrons. The van der Waals surface area contributed by atoms with Gasteiger partial charge in [0.1, 0.15) is 0 Å². The summed E-state index contributed by atoms with van der Waals surface area (Å²) in [7, 11) is -1.92. The van der Waals surface area contributed by atoms with Gasteiger partial charge in [0, 0.05) is 37.3 Å². The lowest BCUT2D eigenvalue weighted by Gasteiger charge is -2.34. The fourth-order valence-corrected chi connectivity index (χ4v) is 5.75. The molecule has 2 aromatic rings. The molecular formula is C22H27ClN2O3S. The molecule has 1 saturated heterocycles. The number of nitrogens with zero attached hydrogens (tertiary/aromatic N) is 2. The highest BCUT2D eigenvalue weighted by molar-refractivity contribution is 7.89. The smallest absolute Gasteiger partial charge is 0.253 e. The second-order valence-corrected chi connectivity index (χ2v) is 10.5. The predicted octanol–water partition coefficient (Wildman–Crippen LogP) is 4.28. The molecule has 1 aliphatic heterocycles. The Morgan fingerprint density at radius 2 is 1.72 bits per heavy atom. The normalized spacial score (nSPS) is 20.4. The second-order valence-electron chi connectivity index (χ2n) is 8.08. The second kappa shape index (κ2) is 8.86. The van der Waals surface area contributed by atoms with Gasteiger partial charge in [-0.3, -0.25) is 4.79 Å². The topological polar surface area (TPSA) is 57.7 Å². The molecule has 156 valence electrons. The number of amides is 1. The van der Waals surface area contributed by atoms with Gasteiger partial charge in [-0.2, -0.15) is 4.31 Å². The van der Waals surface area contributed by atoms with Crippen molar-refractivity contribution in [2.45, 2.75) is 31.7 Å². The summed E-state index contributed by atoms with van der Waals surface area (Å²) in [6.07, 6.45) is 1.03. The third-order valence-corrected chi connectivity index (χ3v) is 7.31. The van der Waals surface area contributed by atoms with Gasteiger partial charge >= 0.3 is 0 Å². The average molecular weight is 435 g/mol. The van der Waals surface area contributed by atoms with Crippen LogP contribution in [0.25, 0.3) is 0 Å². The number of hydrogen-bond donors (Lipinski definition) is 0. The van der Waals surface area contributed by atoms with E-state index >= 15 is 0 Å². The van der Waals surface area contributed by atoms with Crippen molar-refractivity contribution in [1.29, 1.82) is 0 Å². The Labute approximate surface area is 178 Å². The molecule has 29 heavy (non-hydrogen) atoms. The molecule has 1 fully saturated rings. The summed E-state index contributed by atoms with van der Waals surface area (Å²) >= 11 is 5.91. The van der Waals surface area contributed by atoms with Gasteiger partial charge in [-0.25, -0.2) is 8.42 Å². The minimum Gasteiger partial charge on any atom is -0.337 e. The van der Waals surface area contributed by atoms with Gasteiger partial charge < -0.3 is 4.90 Å². The maximum atomic E-state index is 13.1. The van der Waals surface area contributed by atoms with Crippen molar-refractivity contribution in [2.75, 3.05) is 20.1 Å². The van der Waals surface area contributed by atoms with Crippen LogP contribution in [-0.2, 0) is 16.6 Å². The summed E-state index contributed by atoms with van der Waals surface area (Å²) in [5, 5.41) is 0.641. The molecule has 0 aliphatic carbocycles. The number of carbonyl (C=O) groups is 1. The molecule has 0 aromatic heterocycles. The van der Waals surface area contributed by atoms with E-state index in [1.165, 1.54) is 6.07 Å². The Hall–Kier alpha value is -1.89. The van der Waals surface area contributed by atoms with Crippen LogP contribution in [0.15, 0.2) is 53.4 Å². The van der Waals surface area contributed by atoms with Gasteiger partial charge in [0.2, 0.25) is 10.0 Å². The molecule has 2 aromatic carbocycles. The molecule has 0 N–H and O–H groups in total. The molecule has 1 amide bonds. The molecule has 0 bridgehead atoms.